The van der Waals surface area contributed by atoms with Crippen LogP contribution in [0.15, 0.2) is 36.7 Å². The highest BCUT2D eigenvalue weighted by atomic mass is 35.5. The topological polar surface area (TPSA) is 44.1 Å². The molecule has 0 amide bonds. The lowest BCUT2D eigenvalue weighted by molar-refractivity contribution is -0.144. The molecule has 94 valence electrons. The van der Waals surface area contributed by atoms with Crippen LogP contribution in [0.5, 0.6) is 0 Å². The van der Waals surface area contributed by atoms with Gasteiger partial charge in [0.1, 0.15) is 6.54 Å². The quantitative estimate of drug-likeness (QED) is 0.798. The minimum absolute atomic E-state index is 0.126. The molecule has 0 spiro atoms. The zero-order chi connectivity index (χ0) is 13.0. The number of ether oxygens (including phenoxy) is 1. The molecule has 0 saturated heterocycles. The van der Waals surface area contributed by atoms with Crippen molar-refractivity contribution in [3.05, 3.63) is 41.7 Å². The molecule has 0 N–H and O–H groups in total. The van der Waals surface area contributed by atoms with E-state index in [-0.39, 0.29) is 12.5 Å². The first kappa shape index (κ1) is 12.6. The summed E-state index contributed by atoms with van der Waals surface area (Å²) in [5, 5.41) is 4.81. The zero-order valence-corrected chi connectivity index (χ0v) is 10.7. The van der Waals surface area contributed by atoms with E-state index in [0.29, 0.717) is 11.6 Å². The molecular weight excluding hydrogens is 252 g/mol. The van der Waals surface area contributed by atoms with Gasteiger partial charge in [0.2, 0.25) is 0 Å². The molecule has 1 heterocycles. The number of carbonyl (C=O) groups is 1. The molecule has 0 unspecified atom stereocenters. The number of carbonyl (C=O) groups excluding carboxylic acids is 1. The van der Waals surface area contributed by atoms with E-state index >= 15 is 0 Å². The van der Waals surface area contributed by atoms with Gasteiger partial charge in [-0.15, -0.1) is 0 Å². The third-order valence-corrected chi connectivity index (χ3v) is 2.66. The standard InChI is InChI=1S/C13H13ClN2O2/c1-2-18-13(17)9-16-8-11(7-15-16)10-3-5-12(14)6-4-10/h3-8H,2,9H2,1H3. The van der Waals surface area contributed by atoms with Gasteiger partial charge < -0.3 is 4.74 Å². The summed E-state index contributed by atoms with van der Waals surface area (Å²) in [5.74, 6) is -0.289. The summed E-state index contributed by atoms with van der Waals surface area (Å²) in [4.78, 5) is 11.3. The van der Waals surface area contributed by atoms with Crippen molar-refractivity contribution in [2.24, 2.45) is 0 Å². The molecule has 0 bridgehead atoms. The molecular formula is C13H13ClN2O2. The minimum atomic E-state index is -0.289. The second kappa shape index (κ2) is 5.69. The van der Waals surface area contributed by atoms with Crippen molar-refractivity contribution >= 4 is 17.6 Å². The van der Waals surface area contributed by atoms with Crippen LogP contribution < -0.4 is 0 Å². The SMILES string of the molecule is CCOC(=O)Cn1cc(-c2ccc(Cl)cc2)cn1. The highest BCUT2D eigenvalue weighted by molar-refractivity contribution is 6.30. The first-order valence-corrected chi connectivity index (χ1v) is 6.01. The summed E-state index contributed by atoms with van der Waals surface area (Å²) in [6.45, 7) is 2.28. The van der Waals surface area contributed by atoms with Crippen molar-refractivity contribution in [3.8, 4) is 11.1 Å². The van der Waals surface area contributed by atoms with Gasteiger partial charge in [-0.1, -0.05) is 23.7 Å². The Hall–Kier alpha value is -1.81. The first-order valence-electron chi connectivity index (χ1n) is 5.63. The Morgan fingerprint density at radius 3 is 2.72 bits per heavy atom. The van der Waals surface area contributed by atoms with Crippen molar-refractivity contribution in [1.29, 1.82) is 0 Å². The number of hydrogen-bond donors (Lipinski definition) is 0. The van der Waals surface area contributed by atoms with Gasteiger partial charge in [0, 0.05) is 16.8 Å². The molecule has 1 aromatic carbocycles. The number of hydrogen-bond acceptors (Lipinski definition) is 3. The van der Waals surface area contributed by atoms with E-state index < -0.39 is 0 Å². The monoisotopic (exact) mass is 264 g/mol. The Balaban J connectivity index is 2.10. The largest absolute Gasteiger partial charge is 0.465 e. The molecule has 0 radical (unpaired) electrons. The zero-order valence-electron chi connectivity index (χ0n) is 9.97. The van der Waals surface area contributed by atoms with Crippen LogP contribution in [0.4, 0.5) is 0 Å². The van der Waals surface area contributed by atoms with Gasteiger partial charge in [0.25, 0.3) is 0 Å². The van der Waals surface area contributed by atoms with Crippen LogP contribution in [-0.2, 0) is 16.1 Å². The van der Waals surface area contributed by atoms with Crippen LogP contribution >= 0.6 is 11.6 Å². The molecule has 0 saturated carbocycles. The van der Waals surface area contributed by atoms with Crippen molar-refractivity contribution in [1.82, 2.24) is 9.78 Å². The van der Waals surface area contributed by atoms with Gasteiger partial charge in [-0.2, -0.15) is 5.10 Å². The smallest absolute Gasteiger partial charge is 0.327 e. The predicted octanol–water partition coefficient (Wildman–Crippen LogP) is 2.77. The van der Waals surface area contributed by atoms with Crippen molar-refractivity contribution in [2.75, 3.05) is 6.61 Å². The molecule has 0 aliphatic carbocycles. The van der Waals surface area contributed by atoms with E-state index in [1.807, 2.05) is 24.3 Å². The summed E-state index contributed by atoms with van der Waals surface area (Å²) in [7, 11) is 0. The van der Waals surface area contributed by atoms with Crippen LogP contribution in [0.3, 0.4) is 0 Å². The fraction of sp³-hybridized carbons (Fsp3) is 0.231. The lowest BCUT2D eigenvalue weighted by Gasteiger charge is -2.01. The first-order chi connectivity index (χ1) is 8.69. The summed E-state index contributed by atoms with van der Waals surface area (Å²) in [6.07, 6.45) is 3.52. The fourth-order valence-electron chi connectivity index (χ4n) is 1.58. The Labute approximate surface area is 110 Å². The van der Waals surface area contributed by atoms with Gasteiger partial charge in [0.15, 0.2) is 0 Å². The van der Waals surface area contributed by atoms with E-state index in [1.165, 1.54) is 0 Å². The molecule has 0 fully saturated rings. The average Bonchev–Trinajstić information content (AvgIpc) is 2.78. The van der Waals surface area contributed by atoms with Gasteiger partial charge in [-0.3, -0.25) is 9.48 Å². The molecule has 2 rings (SSSR count). The number of benzene rings is 1. The fourth-order valence-corrected chi connectivity index (χ4v) is 1.71. The Morgan fingerprint density at radius 1 is 1.33 bits per heavy atom. The molecule has 0 atom stereocenters. The van der Waals surface area contributed by atoms with Crippen LogP contribution in [0.25, 0.3) is 11.1 Å². The number of aromatic nitrogens is 2. The predicted molar refractivity (Wildman–Crippen MR) is 69.3 cm³/mol. The lowest BCUT2D eigenvalue weighted by atomic mass is 10.1. The lowest BCUT2D eigenvalue weighted by Crippen LogP contribution is -2.13. The Morgan fingerprint density at radius 2 is 2.06 bits per heavy atom. The molecule has 0 aliphatic heterocycles. The van der Waals surface area contributed by atoms with Crippen LogP contribution in [0.2, 0.25) is 5.02 Å². The minimum Gasteiger partial charge on any atom is -0.465 e. The maximum atomic E-state index is 11.3. The molecule has 18 heavy (non-hydrogen) atoms. The summed E-state index contributed by atoms with van der Waals surface area (Å²) in [5.41, 5.74) is 1.95. The van der Waals surface area contributed by atoms with E-state index in [9.17, 15) is 4.79 Å². The Kier molecular flexibility index (Phi) is 3.99. The number of nitrogens with zero attached hydrogens (tertiary/aromatic N) is 2. The Bertz CT molecular complexity index is 534. The van der Waals surface area contributed by atoms with E-state index in [2.05, 4.69) is 5.10 Å². The second-order valence-corrected chi connectivity index (χ2v) is 4.17. The normalized spacial score (nSPS) is 10.3. The third kappa shape index (κ3) is 3.11. The van der Waals surface area contributed by atoms with Gasteiger partial charge >= 0.3 is 5.97 Å². The van der Waals surface area contributed by atoms with Crippen LogP contribution in [0, 0.1) is 0 Å². The van der Waals surface area contributed by atoms with Crippen molar-refractivity contribution < 1.29 is 9.53 Å². The summed E-state index contributed by atoms with van der Waals surface area (Å²) >= 11 is 5.83. The van der Waals surface area contributed by atoms with Crippen molar-refractivity contribution in [3.63, 3.8) is 0 Å². The number of halogens is 1. The highest BCUT2D eigenvalue weighted by Crippen LogP contribution is 2.20. The summed E-state index contributed by atoms with van der Waals surface area (Å²) in [6, 6.07) is 7.46. The molecule has 0 aliphatic rings. The van der Waals surface area contributed by atoms with Crippen LogP contribution in [-0.4, -0.2) is 22.4 Å². The third-order valence-electron chi connectivity index (χ3n) is 2.41. The average molecular weight is 265 g/mol. The van der Waals surface area contributed by atoms with Gasteiger partial charge in [0.05, 0.1) is 12.8 Å². The molecule has 1 aromatic heterocycles. The number of rotatable bonds is 4. The maximum absolute atomic E-state index is 11.3. The molecule has 2 aromatic rings. The van der Waals surface area contributed by atoms with E-state index in [1.54, 1.807) is 24.0 Å². The number of esters is 1. The van der Waals surface area contributed by atoms with Gasteiger partial charge in [-0.25, -0.2) is 0 Å². The van der Waals surface area contributed by atoms with Crippen LogP contribution in [0.1, 0.15) is 6.92 Å². The summed E-state index contributed by atoms with van der Waals surface area (Å²) < 4.78 is 6.42. The second-order valence-electron chi connectivity index (χ2n) is 3.74. The van der Waals surface area contributed by atoms with E-state index in [0.717, 1.165) is 11.1 Å². The highest BCUT2D eigenvalue weighted by Gasteiger charge is 2.06. The molecule has 4 nitrogen and oxygen atoms in total. The van der Waals surface area contributed by atoms with E-state index in [4.69, 9.17) is 16.3 Å². The maximum Gasteiger partial charge on any atom is 0.327 e. The molecule has 5 heteroatoms. The van der Waals surface area contributed by atoms with Gasteiger partial charge in [-0.05, 0) is 24.6 Å². The van der Waals surface area contributed by atoms with Crippen molar-refractivity contribution in [2.45, 2.75) is 13.5 Å².